The first-order valence-electron chi connectivity index (χ1n) is 9.10. The van der Waals surface area contributed by atoms with Crippen molar-refractivity contribution in [3.05, 3.63) is 36.7 Å². The Balaban J connectivity index is 1.37. The third-order valence-electron chi connectivity index (χ3n) is 4.76. The molecule has 0 aliphatic carbocycles. The number of nitrogens with zero attached hydrogens (tertiary/aromatic N) is 6. The van der Waals surface area contributed by atoms with E-state index in [2.05, 4.69) is 19.9 Å². The van der Waals surface area contributed by atoms with E-state index in [9.17, 15) is 4.79 Å². The number of carbonyl (C=O) groups is 1. The van der Waals surface area contributed by atoms with Gasteiger partial charge in [0.15, 0.2) is 5.13 Å². The fourth-order valence-electron chi connectivity index (χ4n) is 3.22. The highest BCUT2D eigenvalue weighted by Gasteiger charge is 2.24. The van der Waals surface area contributed by atoms with Crippen LogP contribution in [0.15, 0.2) is 36.7 Å². The van der Waals surface area contributed by atoms with Gasteiger partial charge in [0.1, 0.15) is 11.3 Å². The Bertz CT molecular complexity index is 955. The number of benzene rings is 1. The quantitative estimate of drug-likeness (QED) is 0.650. The number of methoxy groups -OCH3 is 1. The van der Waals surface area contributed by atoms with E-state index in [-0.39, 0.29) is 5.91 Å². The molecule has 2 aromatic heterocycles. The number of anilines is 2. The van der Waals surface area contributed by atoms with E-state index < -0.39 is 0 Å². The number of hydrogen-bond acceptors (Lipinski definition) is 8. The van der Waals surface area contributed by atoms with Gasteiger partial charge in [-0.15, -0.1) is 0 Å². The van der Waals surface area contributed by atoms with E-state index in [4.69, 9.17) is 4.74 Å². The molecule has 1 aliphatic heterocycles. The van der Waals surface area contributed by atoms with Gasteiger partial charge in [0.05, 0.1) is 18.4 Å². The van der Waals surface area contributed by atoms with Crippen molar-refractivity contribution in [1.82, 2.24) is 19.9 Å². The van der Waals surface area contributed by atoms with Crippen molar-refractivity contribution in [2.45, 2.75) is 0 Å². The minimum atomic E-state index is 0.0994. The third-order valence-corrected chi connectivity index (χ3v) is 5.89. The lowest BCUT2D eigenvalue weighted by molar-refractivity contribution is -0.129. The SMILES string of the molecule is COc1cccc2sc(N(C)CC(=O)N3CCN(c4ncccn4)CC3)nc12. The van der Waals surface area contributed by atoms with Crippen LogP contribution in [0.3, 0.4) is 0 Å². The van der Waals surface area contributed by atoms with Crippen molar-refractivity contribution in [3.8, 4) is 5.75 Å². The molecule has 0 bridgehead atoms. The zero-order valence-corrected chi connectivity index (χ0v) is 16.7. The minimum absolute atomic E-state index is 0.0994. The van der Waals surface area contributed by atoms with Gasteiger partial charge in [0.2, 0.25) is 11.9 Å². The summed E-state index contributed by atoms with van der Waals surface area (Å²) < 4.78 is 6.43. The number of likely N-dealkylation sites (N-methyl/N-ethyl adjacent to an activating group) is 1. The van der Waals surface area contributed by atoms with Gasteiger partial charge in [-0.25, -0.2) is 15.0 Å². The number of rotatable bonds is 5. The number of fused-ring (bicyclic) bond motifs is 1. The number of hydrogen-bond donors (Lipinski definition) is 0. The Morgan fingerprint density at radius 2 is 1.93 bits per heavy atom. The zero-order chi connectivity index (χ0) is 19.5. The Labute approximate surface area is 167 Å². The lowest BCUT2D eigenvalue weighted by Crippen LogP contribution is -2.51. The molecule has 1 aliphatic rings. The number of aromatic nitrogens is 3. The van der Waals surface area contributed by atoms with E-state index in [1.807, 2.05) is 35.0 Å². The number of thiazole rings is 1. The number of carbonyl (C=O) groups excluding carboxylic acids is 1. The molecule has 8 nitrogen and oxygen atoms in total. The Morgan fingerprint density at radius 3 is 2.64 bits per heavy atom. The van der Waals surface area contributed by atoms with E-state index in [1.54, 1.807) is 36.9 Å². The Hall–Kier alpha value is -2.94. The molecule has 1 aromatic carbocycles. The van der Waals surface area contributed by atoms with Crippen molar-refractivity contribution in [3.63, 3.8) is 0 Å². The van der Waals surface area contributed by atoms with E-state index in [1.165, 1.54) is 0 Å². The summed E-state index contributed by atoms with van der Waals surface area (Å²) in [5.74, 6) is 1.57. The van der Waals surface area contributed by atoms with Gasteiger partial charge in [-0.3, -0.25) is 4.79 Å². The maximum absolute atomic E-state index is 12.7. The van der Waals surface area contributed by atoms with E-state index in [0.717, 1.165) is 40.1 Å². The molecule has 0 unspecified atom stereocenters. The van der Waals surface area contributed by atoms with Crippen molar-refractivity contribution < 1.29 is 9.53 Å². The van der Waals surface area contributed by atoms with Crippen molar-refractivity contribution >= 4 is 38.5 Å². The second-order valence-corrected chi connectivity index (χ2v) is 7.59. The highest BCUT2D eigenvalue weighted by atomic mass is 32.1. The molecular formula is C19H22N6O2S. The van der Waals surface area contributed by atoms with Crippen molar-refractivity contribution in [1.29, 1.82) is 0 Å². The van der Waals surface area contributed by atoms with Crippen LogP contribution in [0, 0.1) is 0 Å². The fourth-order valence-corrected chi connectivity index (χ4v) is 4.16. The smallest absolute Gasteiger partial charge is 0.242 e. The lowest BCUT2D eigenvalue weighted by Gasteiger charge is -2.35. The molecule has 1 saturated heterocycles. The average molecular weight is 398 g/mol. The van der Waals surface area contributed by atoms with Crippen LogP contribution in [-0.2, 0) is 4.79 Å². The Kier molecular flexibility index (Phi) is 5.25. The monoisotopic (exact) mass is 398 g/mol. The molecule has 1 amide bonds. The molecule has 4 rings (SSSR count). The molecule has 3 aromatic rings. The van der Waals surface area contributed by atoms with Crippen molar-refractivity contribution in [2.24, 2.45) is 0 Å². The average Bonchev–Trinajstić information content (AvgIpc) is 3.19. The first-order chi connectivity index (χ1) is 13.7. The summed E-state index contributed by atoms with van der Waals surface area (Å²) in [6.07, 6.45) is 3.48. The number of para-hydroxylation sites is 1. The number of amides is 1. The first kappa shape index (κ1) is 18.4. The summed E-state index contributed by atoms with van der Waals surface area (Å²) in [4.78, 5) is 31.9. The number of piperazine rings is 1. The maximum Gasteiger partial charge on any atom is 0.242 e. The molecule has 3 heterocycles. The first-order valence-corrected chi connectivity index (χ1v) is 9.92. The predicted octanol–water partition coefficient (Wildman–Crippen LogP) is 1.88. The largest absolute Gasteiger partial charge is 0.494 e. The van der Waals surface area contributed by atoms with Crippen LogP contribution in [0.25, 0.3) is 10.2 Å². The summed E-state index contributed by atoms with van der Waals surface area (Å²) in [5, 5.41) is 0.809. The van der Waals surface area contributed by atoms with Crippen LogP contribution in [0.1, 0.15) is 0 Å². The van der Waals surface area contributed by atoms with Gasteiger partial charge >= 0.3 is 0 Å². The van der Waals surface area contributed by atoms with Gasteiger partial charge in [0.25, 0.3) is 0 Å². The van der Waals surface area contributed by atoms with Gasteiger partial charge in [-0.05, 0) is 18.2 Å². The molecule has 0 N–H and O–H groups in total. The van der Waals surface area contributed by atoms with Crippen LogP contribution in [0.2, 0.25) is 0 Å². The van der Waals surface area contributed by atoms with E-state index in [0.29, 0.717) is 19.6 Å². The number of ether oxygens (including phenoxy) is 1. The molecular weight excluding hydrogens is 376 g/mol. The molecule has 9 heteroatoms. The minimum Gasteiger partial charge on any atom is -0.494 e. The summed E-state index contributed by atoms with van der Waals surface area (Å²) in [6, 6.07) is 7.66. The van der Waals surface area contributed by atoms with Crippen LogP contribution in [0.4, 0.5) is 11.1 Å². The summed E-state index contributed by atoms with van der Waals surface area (Å²) in [5.41, 5.74) is 0.834. The van der Waals surface area contributed by atoms with Crippen LogP contribution < -0.4 is 14.5 Å². The fraction of sp³-hybridized carbons (Fsp3) is 0.368. The van der Waals surface area contributed by atoms with Gasteiger partial charge < -0.3 is 19.4 Å². The van der Waals surface area contributed by atoms with Gasteiger partial charge in [-0.1, -0.05) is 17.4 Å². The summed E-state index contributed by atoms with van der Waals surface area (Å²) in [6.45, 7) is 3.09. The lowest BCUT2D eigenvalue weighted by atomic mass is 10.3. The molecule has 28 heavy (non-hydrogen) atoms. The normalized spacial score (nSPS) is 14.4. The molecule has 1 fully saturated rings. The maximum atomic E-state index is 12.7. The highest BCUT2D eigenvalue weighted by molar-refractivity contribution is 7.22. The van der Waals surface area contributed by atoms with Gasteiger partial charge in [-0.2, -0.15) is 0 Å². The molecule has 0 spiro atoms. The second kappa shape index (κ2) is 7.97. The van der Waals surface area contributed by atoms with E-state index >= 15 is 0 Å². The topological polar surface area (TPSA) is 74.7 Å². The zero-order valence-electron chi connectivity index (χ0n) is 15.9. The summed E-state index contributed by atoms with van der Waals surface area (Å²) >= 11 is 1.56. The van der Waals surface area contributed by atoms with Gasteiger partial charge in [0, 0.05) is 45.6 Å². The summed E-state index contributed by atoms with van der Waals surface area (Å²) in [7, 11) is 3.54. The molecule has 146 valence electrons. The van der Waals surface area contributed by atoms with Crippen molar-refractivity contribution in [2.75, 3.05) is 56.7 Å². The second-order valence-electron chi connectivity index (χ2n) is 6.58. The van der Waals surface area contributed by atoms with Crippen LogP contribution in [0.5, 0.6) is 5.75 Å². The van der Waals surface area contributed by atoms with Crippen LogP contribution in [-0.4, -0.2) is 72.6 Å². The van der Waals surface area contributed by atoms with Crippen LogP contribution >= 0.6 is 11.3 Å². The predicted molar refractivity (Wildman–Crippen MR) is 110 cm³/mol. The Morgan fingerprint density at radius 1 is 1.18 bits per heavy atom. The molecule has 0 saturated carbocycles. The third kappa shape index (κ3) is 3.70. The molecule has 0 radical (unpaired) electrons. The molecule has 0 atom stereocenters. The standard InChI is InChI=1S/C19H22N6O2S/c1-23(19-22-17-14(27-2)5-3-6-15(17)28-19)13-16(26)24-9-11-25(12-10-24)18-20-7-4-8-21-18/h3-8H,9-13H2,1-2H3. The highest BCUT2D eigenvalue weighted by Crippen LogP contribution is 2.33.